The van der Waals surface area contributed by atoms with Gasteiger partial charge in [0.2, 0.25) is 0 Å². The smallest absolute Gasteiger partial charge is 0.261 e. The van der Waals surface area contributed by atoms with E-state index in [0.717, 1.165) is 17.7 Å². The minimum atomic E-state index is 0.0324. The van der Waals surface area contributed by atoms with Crippen LogP contribution < -0.4 is 5.32 Å². The molecule has 1 aliphatic rings. The van der Waals surface area contributed by atoms with Crippen molar-refractivity contribution in [3.63, 3.8) is 0 Å². The van der Waals surface area contributed by atoms with Crippen LogP contribution in [0.5, 0.6) is 0 Å². The monoisotopic (exact) mass is 317 g/mol. The number of nitrogens with one attached hydrogen (secondary N) is 1. The molecule has 0 aromatic carbocycles. The third-order valence-electron chi connectivity index (χ3n) is 2.80. The molecule has 94 valence electrons. The van der Waals surface area contributed by atoms with Crippen molar-refractivity contribution in [2.45, 2.75) is 24.1 Å². The van der Waals surface area contributed by atoms with Gasteiger partial charge in [0.1, 0.15) is 0 Å². The summed E-state index contributed by atoms with van der Waals surface area (Å²) in [5.41, 5.74) is 1.37. The topological polar surface area (TPSA) is 38.3 Å². The fourth-order valence-electron chi connectivity index (χ4n) is 1.97. The summed E-state index contributed by atoms with van der Waals surface area (Å²) in [6.45, 7) is 1.19. The summed E-state index contributed by atoms with van der Waals surface area (Å²) in [4.78, 5) is 14.3. The van der Waals surface area contributed by atoms with Gasteiger partial charge in [0.05, 0.1) is 16.3 Å². The average Bonchev–Trinajstić information content (AvgIpc) is 2.86. The molecule has 3 nitrogen and oxygen atoms in total. The van der Waals surface area contributed by atoms with E-state index in [4.69, 9.17) is 4.74 Å². The minimum absolute atomic E-state index is 0.0324. The Kier molecular flexibility index (Phi) is 4.59. The molecule has 0 fully saturated rings. The lowest BCUT2D eigenvalue weighted by Gasteiger charge is -2.09. The average molecular weight is 318 g/mol. The molecular formula is C12H16BrNO2S. The van der Waals surface area contributed by atoms with E-state index in [-0.39, 0.29) is 10.7 Å². The number of hydrogen-bond donors (Lipinski definition) is 1. The number of rotatable bonds is 5. The highest BCUT2D eigenvalue weighted by atomic mass is 79.9. The molecule has 1 N–H and O–H groups in total. The fraction of sp³-hybridized carbons (Fsp3) is 0.583. The Morgan fingerprint density at radius 2 is 2.47 bits per heavy atom. The molecule has 1 aliphatic carbocycles. The summed E-state index contributed by atoms with van der Waals surface area (Å²) in [7, 11) is 1.65. The van der Waals surface area contributed by atoms with Gasteiger partial charge in [0.25, 0.3) is 5.91 Å². The number of fused-ring (bicyclic) bond motifs is 1. The molecule has 1 atom stereocenters. The summed E-state index contributed by atoms with van der Waals surface area (Å²) < 4.78 is 5.00. The Balaban J connectivity index is 1.87. The maximum absolute atomic E-state index is 11.9. The molecule has 1 amide bonds. The first-order valence-electron chi connectivity index (χ1n) is 5.73. The Bertz CT molecular complexity index is 384. The molecule has 1 unspecified atom stereocenters. The van der Waals surface area contributed by atoms with Crippen LogP contribution in [0.25, 0.3) is 0 Å². The first-order valence-corrected chi connectivity index (χ1v) is 7.46. The predicted octanol–water partition coefficient (Wildman–Crippen LogP) is 2.38. The lowest BCUT2D eigenvalue weighted by molar-refractivity contribution is 0.0954. The van der Waals surface area contributed by atoms with Gasteiger partial charge in [-0.3, -0.25) is 4.79 Å². The van der Waals surface area contributed by atoms with Crippen molar-refractivity contribution in [2.24, 2.45) is 0 Å². The molecule has 0 saturated heterocycles. The zero-order valence-corrected chi connectivity index (χ0v) is 12.2. The van der Waals surface area contributed by atoms with Crippen molar-refractivity contribution in [3.05, 3.63) is 21.4 Å². The first kappa shape index (κ1) is 13.1. The van der Waals surface area contributed by atoms with Crippen LogP contribution in [0.2, 0.25) is 0 Å². The van der Waals surface area contributed by atoms with Gasteiger partial charge >= 0.3 is 0 Å². The Morgan fingerprint density at radius 1 is 1.65 bits per heavy atom. The van der Waals surface area contributed by atoms with Crippen LogP contribution in [0.1, 0.15) is 26.5 Å². The normalized spacial score (nSPS) is 15.6. The van der Waals surface area contributed by atoms with Gasteiger partial charge in [0.15, 0.2) is 0 Å². The van der Waals surface area contributed by atoms with Crippen molar-refractivity contribution in [3.8, 4) is 0 Å². The number of methoxy groups -OCH3 is 1. The molecule has 1 heterocycles. The maximum atomic E-state index is 11.9. The second kappa shape index (κ2) is 5.98. The number of carbonyl (C=O) groups excluding carboxylic acids is 1. The molecule has 0 radical (unpaired) electrons. The van der Waals surface area contributed by atoms with Gasteiger partial charge in [-0.05, 0) is 30.9 Å². The third-order valence-corrected chi connectivity index (χ3v) is 4.63. The van der Waals surface area contributed by atoms with E-state index < -0.39 is 0 Å². The predicted molar refractivity (Wildman–Crippen MR) is 73.3 cm³/mol. The highest BCUT2D eigenvalue weighted by Gasteiger charge is 2.18. The molecule has 0 aliphatic heterocycles. The van der Waals surface area contributed by atoms with Gasteiger partial charge in [-0.2, -0.15) is 0 Å². The largest absolute Gasteiger partial charge is 0.383 e. The number of thiophene rings is 1. The van der Waals surface area contributed by atoms with Crippen molar-refractivity contribution in [2.75, 3.05) is 20.3 Å². The molecule has 1 aromatic rings. The van der Waals surface area contributed by atoms with Crippen LogP contribution in [-0.4, -0.2) is 31.0 Å². The minimum Gasteiger partial charge on any atom is -0.383 e. The number of carbonyl (C=O) groups is 1. The van der Waals surface area contributed by atoms with Crippen molar-refractivity contribution >= 4 is 33.2 Å². The van der Waals surface area contributed by atoms with Crippen molar-refractivity contribution < 1.29 is 9.53 Å². The lowest BCUT2D eigenvalue weighted by atomic mass is 10.2. The molecule has 17 heavy (non-hydrogen) atoms. The van der Waals surface area contributed by atoms with Gasteiger partial charge in [-0.15, -0.1) is 11.3 Å². The summed E-state index contributed by atoms with van der Waals surface area (Å²) in [6, 6.07) is 2.04. The number of aryl methyl sites for hydroxylation is 2. The van der Waals surface area contributed by atoms with Gasteiger partial charge in [-0.1, -0.05) is 15.9 Å². The van der Waals surface area contributed by atoms with Crippen LogP contribution in [0.3, 0.4) is 0 Å². The standard InChI is InChI=1S/C12H16BrNO2S/c1-16-7-9(13)6-14-12(15)11-5-8-3-2-4-10(8)17-11/h5,9H,2-4,6-7H2,1H3,(H,14,15). The van der Waals surface area contributed by atoms with Crippen LogP contribution in [0, 0.1) is 0 Å². The van der Waals surface area contributed by atoms with Crippen molar-refractivity contribution in [1.29, 1.82) is 0 Å². The van der Waals surface area contributed by atoms with E-state index >= 15 is 0 Å². The Morgan fingerprint density at radius 3 is 3.18 bits per heavy atom. The summed E-state index contributed by atoms with van der Waals surface area (Å²) in [5.74, 6) is 0.0324. The first-order chi connectivity index (χ1) is 8.20. The third kappa shape index (κ3) is 3.30. The number of alkyl halides is 1. The molecule has 2 rings (SSSR count). The SMILES string of the molecule is COCC(Br)CNC(=O)c1cc2c(s1)CCC2. The van der Waals surface area contributed by atoms with E-state index in [0.29, 0.717) is 13.2 Å². The Hall–Kier alpha value is -0.390. The highest BCUT2D eigenvalue weighted by Crippen LogP contribution is 2.30. The maximum Gasteiger partial charge on any atom is 0.261 e. The molecule has 5 heteroatoms. The zero-order chi connectivity index (χ0) is 12.3. The lowest BCUT2D eigenvalue weighted by Crippen LogP contribution is -2.30. The second-order valence-electron chi connectivity index (χ2n) is 4.18. The number of halogens is 1. The van der Waals surface area contributed by atoms with E-state index in [1.165, 1.54) is 16.9 Å². The molecule has 1 aromatic heterocycles. The van der Waals surface area contributed by atoms with Crippen LogP contribution >= 0.6 is 27.3 Å². The molecule has 0 spiro atoms. The summed E-state index contributed by atoms with van der Waals surface area (Å²) >= 11 is 5.08. The van der Waals surface area contributed by atoms with Crippen LogP contribution in [0.4, 0.5) is 0 Å². The number of hydrogen-bond acceptors (Lipinski definition) is 3. The highest BCUT2D eigenvalue weighted by molar-refractivity contribution is 9.09. The quantitative estimate of drug-likeness (QED) is 0.847. The number of amides is 1. The Labute approximate surface area is 114 Å². The van der Waals surface area contributed by atoms with Gasteiger partial charge in [0, 0.05) is 18.5 Å². The van der Waals surface area contributed by atoms with E-state index in [1.807, 2.05) is 6.07 Å². The zero-order valence-electron chi connectivity index (χ0n) is 9.79. The van der Waals surface area contributed by atoms with E-state index in [9.17, 15) is 4.79 Å². The van der Waals surface area contributed by atoms with Gasteiger partial charge < -0.3 is 10.1 Å². The summed E-state index contributed by atoms with van der Waals surface area (Å²) in [5, 5.41) is 2.92. The van der Waals surface area contributed by atoms with Gasteiger partial charge in [-0.25, -0.2) is 0 Å². The van der Waals surface area contributed by atoms with Crippen LogP contribution in [-0.2, 0) is 17.6 Å². The fourth-order valence-corrected chi connectivity index (χ4v) is 3.57. The van der Waals surface area contributed by atoms with Crippen LogP contribution in [0.15, 0.2) is 6.07 Å². The molecule has 0 saturated carbocycles. The second-order valence-corrected chi connectivity index (χ2v) is 6.61. The summed E-state index contributed by atoms with van der Waals surface area (Å²) in [6.07, 6.45) is 3.50. The number of ether oxygens (including phenoxy) is 1. The molecular weight excluding hydrogens is 302 g/mol. The van der Waals surface area contributed by atoms with E-state index in [1.54, 1.807) is 18.4 Å². The van der Waals surface area contributed by atoms with E-state index in [2.05, 4.69) is 21.2 Å². The van der Waals surface area contributed by atoms with Crippen molar-refractivity contribution in [1.82, 2.24) is 5.32 Å². The molecule has 0 bridgehead atoms.